The summed E-state index contributed by atoms with van der Waals surface area (Å²) in [6, 6.07) is 18.5. The Morgan fingerprint density at radius 2 is 1.91 bits per heavy atom. The van der Waals surface area contributed by atoms with E-state index in [0.29, 0.717) is 25.1 Å². The van der Waals surface area contributed by atoms with Crippen molar-refractivity contribution >= 4 is 33.9 Å². The Balaban J connectivity index is 1.25. The lowest BCUT2D eigenvalue weighted by Crippen LogP contribution is -2.42. The van der Waals surface area contributed by atoms with E-state index in [4.69, 9.17) is 9.47 Å². The maximum atomic E-state index is 13.5. The summed E-state index contributed by atoms with van der Waals surface area (Å²) in [6.45, 7) is 9.85. The zero-order valence-electron chi connectivity index (χ0n) is 25.7. The Kier molecular flexibility index (Phi) is 7.66. The summed E-state index contributed by atoms with van der Waals surface area (Å²) >= 11 is 0. The van der Waals surface area contributed by atoms with E-state index < -0.39 is 6.86 Å². The molecule has 1 unspecified atom stereocenters. The van der Waals surface area contributed by atoms with E-state index in [2.05, 4.69) is 57.2 Å². The van der Waals surface area contributed by atoms with Crippen LogP contribution in [0.2, 0.25) is 0 Å². The molecule has 0 radical (unpaired) electrons. The van der Waals surface area contributed by atoms with Crippen molar-refractivity contribution in [1.29, 1.82) is 0 Å². The molecule has 224 valence electrons. The molecule has 2 aliphatic carbocycles. The third-order valence-corrected chi connectivity index (χ3v) is 9.54. The number of amides is 1. The average molecular weight is 582 g/mol. The highest BCUT2D eigenvalue weighted by Gasteiger charge is 2.49. The van der Waals surface area contributed by atoms with E-state index >= 15 is 0 Å². The SMILES string of the molecule is CCN1C(=O)CC(C)(C)c2cc(C)c(C3=C[C@@H](C4C[C@@H]4C(=O)O[C@H](C)c4cccc5ccccc45)CC=C3OCF)cc21. The van der Waals surface area contributed by atoms with Crippen LogP contribution in [0, 0.1) is 24.7 Å². The van der Waals surface area contributed by atoms with E-state index in [1.54, 1.807) is 0 Å². The molecule has 1 aliphatic heterocycles. The lowest BCUT2D eigenvalue weighted by Gasteiger charge is -2.39. The van der Waals surface area contributed by atoms with Crippen LogP contribution in [0.5, 0.6) is 0 Å². The number of hydrogen-bond donors (Lipinski definition) is 0. The van der Waals surface area contributed by atoms with Crippen LogP contribution in [0.4, 0.5) is 10.1 Å². The molecule has 0 aromatic heterocycles. The molecule has 3 aromatic carbocycles. The maximum Gasteiger partial charge on any atom is 0.309 e. The van der Waals surface area contributed by atoms with E-state index in [9.17, 15) is 14.0 Å². The Hall–Kier alpha value is -3.93. The van der Waals surface area contributed by atoms with Gasteiger partial charge in [-0.15, -0.1) is 0 Å². The van der Waals surface area contributed by atoms with Gasteiger partial charge in [-0.2, -0.15) is 0 Å². The second kappa shape index (κ2) is 11.3. The van der Waals surface area contributed by atoms with Crippen molar-refractivity contribution in [1.82, 2.24) is 0 Å². The molecule has 1 fully saturated rings. The van der Waals surface area contributed by atoms with E-state index in [0.717, 1.165) is 50.7 Å². The molecule has 0 saturated heterocycles. The lowest BCUT2D eigenvalue weighted by atomic mass is 9.75. The topological polar surface area (TPSA) is 55.8 Å². The largest absolute Gasteiger partial charge is 0.463 e. The highest BCUT2D eigenvalue weighted by molar-refractivity contribution is 5.99. The van der Waals surface area contributed by atoms with Crippen LogP contribution in [-0.2, 0) is 24.5 Å². The third-order valence-electron chi connectivity index (χ3n) is 9.54. The zero-order chi connectivity index (χ0) is 30.5. The molecule has 0 bridgehead atoms. The fraction of sp³-hybridized carbons (Fsp3) is 0.405. The Labute approximate surface area is 253 Å². The number of aryl methyl sites for hydroxylation is 1. The van der Waals surface area contributed by atoms with Gasteiger partial charge in [-0.3, -0.25) is 9.59 Å². The molecule has 1 saturated carbocycles. The molecule has 43 heavy (non-hydrogen) atoms. The molecule has 0 spiro atoms. The predicted octanol–water partition coefficient (Wildman–Crippen LogP) is 8.35. The normalized spacial score (nSPS) is 23.3. The van der Waals surface area contributed by atoms with Crippen LogP contribution in [0.1, 0.15) is 75.3 Å². The average Bonchev–Trinajstić information content (AvgIpc) is 3.79. The minimum Gasteiger partial charge on any atom is -0.463 e. The van der Waals surface area contributed by atoms with Crippen molar-refractivity contribution in [3.05, 3.63) is 94.8 Å². The number of halogens is 1. The van der Waals surface area contributed by atoms with Crippen LogP contribution in [0.25, 0.3) is 16.3 Å². The van der Waals surface area contributed by atoms with E-state index in [-0.39, 0.29) is 41.1 Å². The smallest absolute Gasteiger partial charge is 0.309 e. The van der Waals surface area contributed by atoms with Gasteiger partial charge in [0.05, 0.1) is 5.92 Å². The number of hydrogen-bond acceptors (Lipinski definition) is 4. The summed E-state index contributed by atoms with van der Waals surface area (Å²) in [5.74, 6) is 0.530. The number of esters is 1. The van der Waals surface area contributed by atoms with Gasteiger partial charge in [-0.05, 0) is 90.6 Å². The van der Waals surface area contributed by atoms with Gasteiger partial charge in [0.15, 0.2) is 0 Å². The second-order valence-electron chi connectivity index (χ2n) is 12.8. The molecule has 0 N–H and O–H groups in total. The summed E-state index contributed by atoms with van der Waals surface area (Å²) in [7, 11) is 0. The summed E-state index contributed by atoms with van der Waals surface area (Å²) in [5.41, 5.74) is 5.58. The van der Waals surface area contributed by atoms with Crippen molar-refractivity contribution in [3.8, 4) is 0 Å². The van der Waals surface area contributed by atoms with Crippen LogP contribution < -0.4 is 4.90 Å². The number of benzene rings is 3. The van der Waals surface area contributed by atoms with Crippen molar-refractivity contribution in [2.45, 2.75) is 65.4 Å². The van der Waals surface area contributed by atoms with Gasteiger partial charge >= 0.3 is 5.97 Å². The summed E-state index contributed by atoms with van der Waals surface area (Å²) in [6.07, 6.45) is 5.64. The number of anilines is 1. The maximum absolute atomic E-state index is 13.5. The number of alkyl halides is 1. The molecular formula is C37H40FNO4. The summed E-state index contributed by atoms with van der Waals surface area (Å²) in [4.78, 5) is 28.1. The fourth-order valence-corrected chi connectivity index (χ4v) is 7.12. The number of fused-ring (bicyclic) bond motifs is 2. The number of allylic oxidation sites excluding steroid dienone is 3. The molecule has 1 amide bonds. The number of ether oxygens (including phenoxy) is 2. The minimum atomic E-state index is -0.922. The summed E-state index contributed by atoms with van der Waals surface area (Å²) < 4.78 is 25.0. The van der Waals surface area contributed by atoms with Gasteiger partial charge in [0.25, 0.3) is 0 Å². The molecule has 3 aliphatic rings. The Bertz CT molecular complexity index is 1650. The molecule has 6 rings (SSSR count). The standard InChI is InChI=1S/C37H40FNO4/c1-6-39-33-19-28(22(2)16-32(33)37(4,5)20-35(39)40)30-17-25(14-15-34(30)42-21-38)29-18-31(29)36(41)43-23(3)26-13-9-11-24-10-7-8-12-27(24)26/h7-13,15-17,19,23,25,29,31H,6,14,18,20-21H2,1-5H3/t23-,25+,29?,31+/m1/s1. The van der Waals surface area contributed by atoms with Gasteiger partial charge in [0.1, 0.15) is 11.9 Å². The first-order valence-corrected chi connectivity index (χ1v) is 15.4. The van der Waals surface area contributed by atoms with Gasteiger partial charge in [-0.25, -0.2) is 4.39 Å². The number of carbonyl (C=O) groups excluding carboxylic acids is 2. The monoisotopic (exact) mass is 581 g/mol. The van der Waals surface area contributed by atoms with Gasteiger partial charge < -0.3 is 14.4 Å². The van der Waals surface area contributed by atoms with Gasteiger partial charge in [0.2, 0.25) is 12.8 Å². The Morgan fingerprint density at radius 1 is 1.14 bits per heavy atom. The first-order valence-electron chi connectivity index (χ1n) is 15.4. The Morgan fingerprint density at radius 3 is 2.67 bits per heavy atom. The molecule has 5 nitrogen and oxygen atoms in total. The number of carbonyl (C=O) groups is 2. The quantitative estimate of drug-likeness (QED) is 0.251. The molecule has 4 atom stereocenters. The summed E-state index contributed by atoms with van der Waals surface area (Å²) in [5, 5.41) is 2.22. The highest BCUT2D eigenvalue weighted by Crippen LogP contribution is 2.51. The van der Waals surface area contributed by atoms with Crippen molar-refractivity contribution < 1.29 is 23.5 Å². The fourth-order valence-electron chi connectivity index (χ4n) is 7.12. The first-order chi connectivity index (χ1) is 20.6. The number of nitrogens with zero attached hydrogens (tertiary/aromatic N) is 1. The lowest BCUT2D eigenvalue weighted by molar-refractivity contribution is -0.150. The van der Waals surface area contributed by atoms with Gasteiger partial charge in [0, 0.05) is 29.6 Å². The van der Waals surface area contributed by atoms with Crippen molar-refractivity contribution in [2.24, 2.45) is 17.8 Å². The minimum absolute atomic E-state index is 0.100. The van der Waals surface area contributed by atoms with Gasteiger partial charge in [-0.1, -0.05) is 68.5 Å². The number of rotatable bonds is 8. The molecule has 1 heterocycles. The van der Waals surface area contributed by atoms with Crippen molar-refractivity contribution in [3.63, 3.8) is 0 Å². The zero-order valence-corrected chi connectivity index (χ0v) is 25.7. The molecular weight excluding hydrogens is 541 g/mol. The van der Waals surface area contributed by atoms with Crippen LogP contribution >= 0.6 is 0 Å². The van der Waals surface area contributed by atoms with Crippen LogP contribution in [0.15, 0.2) is 72.5 Å². The predicted molar refractivity (Wildman–Crippen MR) is 168 cm³/mol. The van der Waals surface area contributed by atoms with Crippen molar-refractivity contribution in [2.75, 3.05) is 18.3 Å². The van der Waals surface area contributed by atoms with Crippen LogP contribution in [0.3, 0.4) is 0 Å². The van der Waals surface area contributed by atoms with E-state index in [1.807, 2.05) is 49.1 Å². The molecule has 6 heteroatoms. The first kappa shape index (κ1) is 29.2. The van der Waals surface area contributed by atoms with Crippen LogP contribution in [-0.4, -0.2) is 25.3 Å². The van der Waals surface area contributed by atoms with E-state index in [1.165, 1.54) is 0 Å². The highest BCUT2D eigenvalue weighted by atomic mass is 19.1. The third kappa shape index (κ3) is 5.37. The second-order valence-corrected chi connectivity index (χ2v) is 12.8. The molecule has 3 aromatic rings.